The van der Waals surface area contributed by atoms with Crippen molar-refractivity contribution in [1.29, 1.82) is 0 Å². The number of aromatic nitrogens is 1. The van der Waals surface area contributed by atoms with Crippen molar-refractivity contribution < 1.29 is 14.3 Å². The van der Waals surface area contributed by atoms with Gasteiger partial charge in [0.15, 0.2) is 0 Å². The van der Waals surface area contributed by atoms with Gasteiger partial charge < -0.3 is 19.5 Å². The molecule has 2 amide bonds. The Morgan fingerprint density at radius 3 is 2.47 bits per heavy atom. The maximum Gasteiger partial charge on any atom is 0.272 e. The first-order valence-electron chi connectivity index (χ1n) is 11.0. The van der Waals surface area contributed by atoms with Gasteiger partial charge in [-0.05, 0) is 35.4 Å². The third-order valence-corrected chi connectivity index (χ3v) is 6.74. The minimum absolute atomic E-state index is 0.0665. The fraction of sp³-hybridized carbons (Fsp3) is 0.185. The van der Waals surface area contributed by atoms with E-state index >= 15 is 0 Å². The van der Waals surface area contributed by atoms with Crippen LogP contribution in [0.25, 0.3) is 10.9 Å². The molecule has 0 bridgehead atoms. The molecule has 6 nitrogen and oxygen atoms in total. The molecule has 0 fully saturated rings. The normalized spacial score (nSPS) is 15.0. The van der Waals surface area contributed by atoms with Crippen molar-refractivity contribution in [2.75, 3.05) is 13.7 Å². The lowest BCUT2D eigenvalue weighted by atomic mass is 9.98. The number of carbonyl (C=O) groups excluding carboxylic acids is 2. The quantitative estimate of drug-likeness (QED) is 0.441. The summed E-state index contributed by atoms with van der Waals surface area (Å²) >= 11 is 6.22. The Balaban J connectivity index is 1.50. The monoisotopic (exact) mass is 473 g/mol. The van der Waals surface area contributed by atoms with Gasteiger partial charge in [-0.3, -0.25) is 9.59 Å². The van der Waals surface area contributed by atoms with Gasteiger partial charge in [0, 0.05) is 35.1 Å². The summed E-state index contributed by atoms with van der Waals surface area (Å²) in [7, 11) is 3.51. The third-order valence-electron chi connectivity index (χ3n) is 6.37. The number of hydrogen-bond acceptors (Lipinski definition) is 3. The minimum Gasteiger partial charge on any atom is -0.497 e. The summed E-state index contributed by atoms with van der Waals surface area (Å²) in [5, 5.41) is 4.50. The zero-order valence-electron chi connectivity index (χ0n) is 18.9. The molecule has 5 rings (SSSR count). The molecule has 1 aliphatic heterocycles. The molecule has 0 aliphatic carbocycles. The molecule has 1 aromatic heterocycles. The molecule has 0 saturated heterocycles. The van der Waals surface area contributed by atoms with Gasteiger partial charge in [-0.15, -0.1) is 0 Å². The Bertz CT molecular complexity index is 1390. The average Bonchev–Trinajstić information content (AvgIpc) is 3.31. The number of halogens is 1. The number of amides is 2. The highest BCUT2D eigenvalue weighted by molar-refractivity contribution is 6.31. The molecule has 0 unspecified atom stereocenters. The topological polar surface area (TPSA) is 63.6 Å². The van der Waals surface area contributed by atoms with Crippen LogP contribution < -0.4 is 10.1 Å². The average molecular weight is 474 g/mol. The van der Waals surface area contributed by atoms with E-state index < -0.39 is 0 Å². The number of aryl methyl sites for hydroxylation is 1. The molecule has 7 heteroatoms. The molecule has 1 N–H and O–H groups in total. The van der Waals surface area contributed by atoms with E-state index in [1.165, 1.54) is 0 Å². The molecular formula is C27H24ClN3O3. The van der Waals surface area contributed by atoms with E-state index in [1.54, 1.807) is 18.1 Å². The Labute approximate surface area is 202 Å². The zero-order chi connectivity index (χ0) is 23.8. The van der Waals surface area contributed by atoms with Crippen LogP contribution in [0.15, 0.2) is 72.8 Å². The first-order chi connectivity index (χ1) is 16.5. The summed E-state index contributed by atoms with van der Waals surface area (Å²) in [5.74, 6) is 0.321. The van der Waals surface area contributed by atoms with E-state index in [0.717, 1.165) is 33.3 Å². The number of hydrogen-bond donors (Lipinski definition) is 1. The number of carbonyl (C=O) groups is 2. The number of benzene rings is 3. The predicted octanol–water partition coefficient (Wildman–Crippen LogP) is 4.70. The van der Waals surface area contributed by atoms with E-state index in [9.17, 15) is 9.59 Å². The van der Waals surface area contributed by atoms with Crippen LogP contribution in [-0.4, -0.2) is 34.9 Å². The van der Waals surface area contributed by atoms with Gasteiger partial charge in [-0.1, -0.05) is 60.1 Å². The molecule has 1 atom stereocenters. The summed E-state index contributed by atoms with van der Waals surface area (Å²) < 4.78 is 7.23. The van der Waals surface area contributed by atoms with E-state index in [4.69, 9.17) is 16.3 Å². The first kappa shape index (κ1) is 22.0. The van der Waals surface area contributed by atoms with Crippen LogP contribution in [-0.2, 0) is 18.4 Å². The highest BCUT2D eigenvalue weighted by atomic mass is 35.5. The maximum absolute atomic E-state index is 13.6. The maximum atomic E-state index is 13.6. The third kappa shape index (κ3) is 3.70. The van der Waals surface area contributed by atoms with Crippen molar-refractivity contribution in [3.05, 3.63) is 100 Å². The van der Waals surface area contributed by atoms with Crippen LogP contribution in [0.3, 0.4) is 0 Å². The minimum atomic E-state index is -0.384. The van der Waals surface area contributed by atoms with E-state index in [1.807, 2.05) is 78.3 Å². The molecule has 0 spiro atoms. The second-order valence-corrected chi connectivity index (χ2v) is 8.72. The van der Waals surface area contributed by atoms with E-state index in [0.29, 0.717) is 17.3 Å². The Hall–Kier alpha value is -3.77. The Morgan fingerprint density at radius 1 is 1.03 bits per heavy atom. The predicted molar refractivity (Wildman–Crippen MR) is 132 cm³/mol. The van der Waals surface area contributed by atoms with Gasteiger partial charge >= 0.3 is 0 Å². The largest absolute Gasteiger partial charge is 0.497 e. The van der Waals surface area contributed by atoms with Crippen LogP contribution in [0.1, 0.15) is 33.2 Å². The fourth-order valence-electron chi connectivity index (χ4n) is 4.71. The van der Waals surface area contributed by atoms with E-state index in [2.05, 4.69) is 5.32 Å². The molecule has 1 aliphatic rings. The van der Waals surface area contributed by atoms with Crippen molar-refractivity contribution >= 4 is 34.3 Å². The van der Waals surface area contributed by atoms with Gasteiger partial charge in [0.25, 0.3) is 5.91 Å². The Morgan fingerprint density at radius 2 is 1.74 bits per heavy atom. The number of ether oxygens (including phenoxy) is 1. The molecule has 3 aromatic carbocycles. The molecule has 2 heterocycles. The van der Waals surface area contributed by atoms with Gasteiger partial charge in [0.05, 0.1) is 13.2 Å². The highest BCUT2D eigenvalue weighted by Gasteiger charge is 2.42. The summed E-state index contributed by atoms with van der Waals surface area (Å²) in [6, 6.07) is 22.6. The molecule has 4 aromatic rings. The van der Waals surface area contributed by atoms with Crippen molar-refractivity contribution in [2.24, 2.45) is 7.05 Å². The number of methoxy groups -OCH3 is 1. The lowest BCUT2D eigenvalue weighted by Gasteiger charge is -2.26. The highest BCUT2D eigenvalue weighted by Crippen LogP contribution is 2.43. The van der Waals surface area contributed by atoms with Crippen molar-refractivity contribution in [3.63, 3.8) is 0 Å². The van der Waals surface area contributed by atoms with Gasteiger partial charge in [-0.25, -0.2) is 0 Å². The Kier molecular flexibility index (Phi) is 5.75. The fourth-order valence-corrected chi connectivity index (χ4v) is 4.91. The van der Waals surface area contributed by atoms with Gasteiger partial charge in [-0.2, -0.15) is 0 Å². The second kappa shape index (κ2) is 8.88. The SMILES string of the molecule is COc1ccc([C@H]2c3c(n(C)c4ccccc34)C(=O)N2CC(=O)NCc2ccccc2Cl)cc1. The van der Waals surface area contributed by atoms with Gasteiger partial charge in [0.2, 0.25) is 5.91 Å². The zero-order valence-corrected chi connectivity index (χ0v) is 19.7. The van der Waals surface area contributed by atoms with Crippen LogP contribution in [0, 0.1) is 0 Å². The number of para-hydroxylation sites is 1. The van der Waals surface area contributed by atoms with E-state index in [-0.39, 0.29) is 24.4 Å². The number of rotatable bonds is 6. The summed E-state index contributed by atoms with van der Waals surface area (Å²) in [4.78, 5) is 28.2. The molecule has 34 heavy (non-hydrogen) atoms. The molecular weight excluding hydrogens is 450 g/mol. The number of nitrogens with zero attached hydrogens (tertiary/aromatic N) is 2. The molecule has 0 saturated carbocycles. The van der Waals surface area contributed by atoms with Crippen molar-refractivity contribution in [3.8, 4) is 5.75 Å². The summed E-state index contributed by atoms with van der Waals surface area (Å²) in [6.07, 6.45) is 0. The lowest BCUT2D eigenvalue weighted by molar-refractivity contribution is -0.122. The molecule has 172 valence electrons. The van der Waals surface area contributed by atoms with Crippen molar-refractivity contribution in [1.82, 2.24) is 14.8 Å². The van der Waals surface area contributed by atoms with Crippen LogP contribution in [0.4, 0.5) is 0 Å². The van der Waals surface area contributed by atoms with Crippen LogP contribution in [0.2, 0.25) is 5.02 Å². The van der Waals surface area contributed by atoms with Crippen molar-refractivity contribution in [2.45, 2.75) is 12.6 Å². The van der Waals surface area contributed by atoms with Crippen LogP contribution >= 0.6 is 11.6 Å². The van der Waals surface area contributed by atoms with Gasteiger partial charge in [0.1, 0.15) is 18.0 Å². The second-order valence-electron chi connectivity index (χ2n) is 8.32. The lowest BCUT2D eigenvalue weighted by Crippen LogP contribution is -2.39. The number of fused-ring (bicyclic) bond motifs is 3. The summed E-state index contributed by atoms with van der Waals surface area (Å²) in [5.41, 5.74) is 4.27. The molecule has 0 radical (unpaired) electrons. The standard InChI is InChI=1S/C27H24ClN3O3/c1-30-22-10-6-4-8-20(22)24-25(17-11-13-19(34-2)14-12-17)31(27(33)26(24)30)16-23(32)29-15-18-7-3-5-9-21(18)28/h3-14,25H,15-16H2,1-2H3,(H,29,32)/t25-/m0/s1. The number of nitrogens with one attached hydrogen (secondary N) is 1. The first-order valence-corrected chi connectivity index (χ1v) is 11.4. The summed E-state index contributed by atoms with van der Waals surface area (Å²) in [6.45, 7) is 0.229. The smallest absolute Gasteiger partial charge is 0.272 e. The van der Waals surface area contributed by atoms with Crippen LogP contribution in [0.5, 0.6) is 5.75 Å².